The van der Waals surface area contributed by atoms with Crippen molar-refractivity contribution in [1.82, 2.24) is 4.90 Å². The van der Waals surface area contributed by atoms with Gasteiger partial charge in [0.15, 0.2) is 0 Å². The van der Waals surface area contributed by atoms with E-state index in [2.05, 4.69) is 69.9 Å². The lowest BCUT2D eigenvalue weighted by Crippen LogP contribution is -2.39. The highest BCUT2D eigenvalue weighted by Crippen LogP contribution is 2.17. The predicted molar refractivity (Wildman–Crippen MR) is 76.0 cm³/mol. The standard InChI is InChI=1S/C16H26N/c1-14(2)17(13-16(3,4)5)12-11-15-9-7-6-8-10-15/h6-10,14H,3,11-13H2,1-2,4-5H3. The quantitative estimate of drug-likeness (QED) is 0.721. The Hall–Kier alpha value is -0.820. The average Bonchev–Trinajstić information content (AvgIpc) is 2.24. The van der Waals surface area contributed by atoms with Crippen molar-refractivity contribution in [3.05, 3.63) is 42.8 Å². The first-order chi connectivity index (χ1) is 7.88. The van der Waals surface area contributed by atoms with Gasteiger partial charge < -0.3 is 4.90 Å². The molecule has 95 valence electrons. The van der Waals surface area contributed by atoms with Crippen LogP contribution in [0.4, 0.5) is 0 Å². The van der Waals surface area contributed by atoms with Gasteiger partial charge in [-0.05, 0) is 38.2 Å². The minimum absolute atomic E-state index is 0.126. The van der Waals surface area contributed by atoms with E-state index in [1.54, 1.807) is 0 Å². The normalized spacial score (nSPS) is 12.4. The van der Waals surface area contributed by atoms with Gasteiger partial charge in [0.1, 0.15) is 0 Å². The molecule has 1 aromatic rings. The van der Waals surface area contributed by atoms with Gasteiger partial charge in [-0.1, -0.05) is 44.2 Å². The lowest BCUT2D eigenvalue weighted by Gasteiger charge is -2.33. The molecule has 0 fully saturated rings. The summed E-state index contributed by atoms with van der Waals surface area (Å²) in [5, 5.41) is 0. The van der Waals surface area contributed by atoms with Gasteiger partial charge in [0.25, 0.3) is 0 Å². The van der Waals surface area contributed by atoms with E-state index in [-0.39, 0.29) is 5.41 Å². The summed E-state index contributed by atoms with van der Waals surface area (Å²) >= 11 is 0. The smallest absolute Gasteiger partial charge is 0.00389 e. The maximum atomic E-state index is 4.21. The van der Waals surface area contributed by atoms with E-state index < -0.39 is 0 Å². The highest BCUT2D eigenvalue weighted by molar-refractivity contribution is 5.14. The number of nitrogens with zero attached hydrogens (tertiary/aromatic N) is 1. The van der Waals surface area contributed by atoms with E-state index in [0.717, 1.165) is 19.5 Å². The largest absolute Gasteiger partial charge is 0.300 e. The molecule has 1 aromatic carbocycles. The van der Waals surface area contributed by atoms with Crippen LogP contribution in [0, 0.1) is 12.3 Å². The van der Waals surface area contributed by atoms with Gasteiger partial charge in [0.2, 0.25) is 0 Å². The zero-order valence-corrected chi connectivity index (χ0v) is 11.7. The third kappa shape index (κ3) is 5.88. The Labute approximate surface area is 107 Å². The van der Waals surface area contributed by atoms with Gasteiger partial charge in [-0.2, -0.15) is 0 Å². The maximum Gasteiger partial charge on any atom is 0.00389 e. The molecule has 0 bridgehead atoms. The third-order valence-electron chi connectivity index (χ3n) is 2.89. The first kappa shape index (κ1) is 14.2. The Morgan fingerprint density at radius 2 is 1.76 bits per heavy atom. The molecule has 0 aliphatic carbocycles. The molecule has 1 nitrogen and oxygen atoms in total. The molecule has 0 unspecified atom stereocenters. The Balaban J connectivity index is 2.51. The minimum atomic E-state index is 0.126. The Morgan fingerprint density at radius 3 is 2.24 bits per heavy atom. The SMILES string of the molecule is [CH2]C(C)(C)CN(CCc1ccccc1)C(C)C. The first-order valence-electron chi connectivity index (χ1n) is 6.52. The summed E-state index contributed by atoms with van der Waals surface area (Å²) in [5.74, 6) is 0. The highest BCUT2D eigenvalue weighted by Gasteiger charge is 2.18. The van der Waals surface area contributed by atoms with E-state index in [4.69, 9.17) is 0 Å². The summed E-state index contributed by atoms with van der Waals surface area (Å²) in [4.78, 5) is 2.51. The maximum absolute atomic E-state index is 4.21. The van der Waals surface area contributed by atoms with E-state index in [1.165, 1.54) is 5.56 Å². The zero-order chi connectivity index (χ0) is 12.9. The van der Waals surface area contributed by atoms with Crippen LogP contribution >= 0.6 is 0 Å². The number of benzene rings is 1. The number of rotatable bonds is 6. The van der Waals surface area contributed by atoms with Crippen molar-refractivity contribution in [3.63, 3.8) is 0 Å². The molecule has 1 heteroatoms. The molecule has 0 aromatic heterocycles. The predicted octanol–water partition coefficient (Wildman–Crippen LogP) is 3.80. The van der Waals surface area contributed by atoms with Gasteiger partial charge in [-0.3, -0.25) is 0 Å². The van der Waals surface area contributed by atoms with Crippen LogP contribution in [-0.4, -0.2) is 24.0 Å². The fraction of sp³-hybridized carbons (Fsp3) is 0.562. The van der Waals surface area contributed by atoms with Gasteiger partial charge in [0, 0.05) is 19.1 Å². The van der Waals surface area contributed by atoms with Crippen LogP contribution in [0.2, 0.25) is 0 Å². The Morgan fingerprint density at radius 1 is 1.18 bits per heavy atom. The minimum Gasteiger partial charge on any atom is -0.300 e. The van der Waals surface area contributed by atoms with E-state index in [0.29, 0.717) is 6.04 Å². The molecule has 0 spiro atoms. The Kier molecular flexibility index (Phi) is 5.20. The van der Waals surface area contributed by atoms with Gasteiger partial charge in [-0.15, -0.1) is 0 Å². The molecule has 0 heterocycles. The summed E-state index contributed by atoms with van der Waals surface area (Å²) in [7, 11) is 0. The molecule has 17 heavy (non-hydrogen) atoms. The molecule has 0 aliphatic heterocycles. The van der Waals surface area contributed by atoms with Crippen LogP contribution in [0.1, 0.15) is 33.3 Å². The van der Waals surface area contributed by atoms with Crippen LogP contribution in [0.5, 0.6) is 0 Å². The lowest BCUT2D eigenvalue weighted by atomic mass is 9.95. The molecule has 0 saturated carbocycles. The summed E-state index contributed by atoms with van der Waals surface area (Å²) in [6, 6.07) is 11.3. The monoisotopic (exact) mass is 232 g/mol. The van der Waals surface area contributed by atoms with E-state index in [9.17, 15) is 0 Å². The summed E-state index contributed by atoms with van der Waals surface area (Å²) < 4.78 is 0. The fourth-order valence-corrected chi connectivity index (χ4v) is 1.99. The van der Waals surface area contributed by atoms with Crippen molar-refractivity contribution in [1.29, 1.82) is 0 Å². The van der Waals surface area contributed by atoms with Gasteiger partial charge in [-0.25, -0.2) is 0 Å². The van der Waals surface area contributed by atoms with Crippen molar-refractivity contribution in [2.45, 2.75) is 40.2 Å². The van der Waals surface area contributed by atoms with Crippen LogP contribution in [0.25, 0.3) is 0 Å². The topological polar surface area (TPSA) is 3.24 Å². The Bertz CT molecular complexity index is 308. The van der Waals surface area contributed by atoms with E-state index in [1.807, 2.05) is 0 Å². The highest BCUT2D eigenvalue weighted by atomic mass is 15.1. The lowest BCUT2D eigenvalue weighted by molar-refractivity contribution is 0.170. The van der Waals surface area contributed by atoms with E-state index >= 15 is 0 Å². The van der Waals surface area contributed by atoms with Gasteiger partial charge in [0.05, 0.1) is 0 Å². The summed E-state index contributed by atoms with van der Waals surface area (Å²) in [6.45, 7) is 15.3. The molecule has 0 atom stereocenters. The third-order valence-corrected chi connectivity index (χ3v) is 2.89. The number of hydrogen-bond donors (Lipinski definition) is 0. The summed E-state index contributed by atoms with van der Waals surface area (Å²) in [5.41, 5.74) is 1.54. The second-order valence-electron chi connectivity index (χ2n) is 5.96. The molecule has 0 saturated heterocycles. The molecule has 0 amide bonds. The van der Waals surface area contributed by atoms with Crippen LogP contribution in [0.3, 0.4) is 0 Å². The zero-order valence-electron chi connectivity index (χ0n) is 11.7. The van der Waals surface area contributed by atoms with Crippen molar-refractivity contribution in [3.8, 4) is 0 Å². The molecular weight excluding hydrogens is 206 g/mol. The second-order valence-corrected chi connectivity index (χ2v) is 5.96. The molecule has 0 N–H and O–H groups in total. The fourth-order valence-electron chi connectivity index (χ4n) is 1.99. The van der Waals surface area contributed by atoms with Gasteiger partial charge >= 0.3 is 0 Å². The molecule has 0 aliphatic rings. The van der Waals surface area contributed by atoms with Crippen molar-refractivity contribution >= 4 is 0 Å². The average molecular weight is 232 g/mol. The second kappa shape index (κ2) is 6.20. The van der Waals surface area contributed by atoms with Crippen LogP contribution < -0.4 is 0 Å². The molecular formula is C16H26N. The van der Waals surface area contributed by atoms with Crippen LogP contribution in [0.15, 0.2) is 30.3 Å². The first-order valence-corrected chi connectivity index (χ1v) is 6.52. The van der Waals surface area contributed by atoms with Crippen molar-refractivity contribution < 1.29 is 0 Å². The molecule has 1 rings (SSSR count). The summed E-state index contributed by atoms with van der Waals surface area (Å²) in [6.07, 6.45) is 1.12. The number of hydrogen-bond acceptors (Lipinski definition) is 1. The molecule has 1 radical (unpaired) electrons. The van der Waals surface area contributed by atoms with Crippen molar-refractivity contribution in [2.24, 2.45) is 5.41 Å². The van der Waals surface area contributed by atoms with Crippen molar-refractivity contribution in [2.75, 3.05) is 13.1 Å². The van der Waals surface area contributed by atoms with Crippen LogP contribution in [-0.2, 0) is 6.42 Å².